The molecular weight excluding hydrogens is 352 g/mol. The molecular formula is C19H18N2O6. The third-order valence-corrected chi connectivity index (χ3v) is 4.33. The van der Waals surface area contributed by atoms with E-state index in [0.29, 0.717) is 6.54 Å². The smallest absolute Gasteiger partial charge is 0.338 e. The Morgan fingerprint density at radius 1 is 1.22 bits per heavy atom. The second-order valence-corrected chi connectivity index (χ2v) is 6.03. The van der Waals surface area contributed by atoms with Gasteiger partial charge in [-0.2, -0.15) is 0 Å². The van der Waals surface area contributed by atoms with Gasteiger partial charge in [-0.3, -0.25) is 14.9 Å². The lowest BCUT2D eigenvalue weighted by atomic mass is 10.0. The summed E-state index contributed by atoms with van der Waals surface area (Å²) in [6.07, 6.45) is 1.63. The number of rotatable bonds is 5. The van der Waals surface area contributed by atoms with Crippen LogP contribution in [0.5, 0.6) is 5.75 Å². The Hall–Kier alpha value is -3.42. The number of hydrogen-bond acceptors (Lipinski definition) is 6. The molecule has 2 aromatic rings. The third-order valence-electron chi connectivity index (χ3n) is 4.33. The lowest BCUT2D eigenvalue weighted by molar-refractivity contribution is -0.384. The van der Waals surface area contributed by atoms with E-state index in [9.17, 15) is 19.7 Å². The number of carbonyl (C=O) groups is 2. The summed E-state index contributed by atoms with van der Waals surface area (Å²) >= 11 is 0. The van der Waals surface area contributed by atoms with Gasteiger partial charge in [-0.1, -0.05) is 6.07 Å². The van der Waals surface area contributed by atoms with Gasteiger partial charge in [0.05, 0.1) is 17.6 Å². The number of fused-ring (bicyclic) bond motifs is 1. The number of methoxy groups -OCH3 is 1. The van der Waals surface area contributed by atoms with Crippen molar-refractivity contribution in [1.29, 1.82) is 0 Å². The minimum absolute atomic E-state index is 0.0285. The van der Waals surface area contributed by atoms with E-state index < -0.39 is 17.5 Å². The number of nitro benzene ring substituents is 1. The van der Waals surface area contributed by atoms with Crippen molar-refractivity contribution in [3.05, 3.63) is 63.7 Å². The molecule has 1 heterocycles. The number of nitrogens with zero attached hydrogens (tertiary/aromatic N) is 2. The average molecular weight is 370 g/mol. The highest BCUT2D eigenvalue weighted by Crippen LogP contribution is 2.30. The SMILES string of the molecule is COc1ccc2c(c1)CCCN2C(=O)COC(=O)c1cccc([N+](=O)[O-])c1. The molecule has 0 aliphatic carbocycles. The molecule has 0 saturated heterocycles. The highest BCUT2D eigenvalue weighted by molar-refractivity contribution is 5.98. The van der Waals surface area contributed by atoms with E-state index in [4.69, 9.17) is 9.47 Å². The maximum atomic E-state index is 12.5. The van der Waals surface area contributed by atoms with Crippen molar-refractivity contribution in [2.45, 2.75) is 12.8 Å². The quantitative estimate of drug-likeness (QED) is 0.456. The van der Waals surface area contributed by atoms with Crippen LogP contribution < -0.4 is 9.64 Å². The van der Waals surface area contributed by atoms with E-state index >= 15 is 0 Å². The number of amides is 1. The normalized spacial score (nSPS) is 12.9. The van der Waals surface area contributed by atoms with Crippen molar-refractivity contribution < 1.29 is 24.0 Å². The molecule has 0 spiro atoms. The van der Waals surface area contributed by atoms with Crippen LogP contribution in [0.25, 0.3) is 0 Å². The lowest BCUT2D eigenvalue weighted by Crippen LogP contribution is -2.38. The second-order valence-electron chi connectivity index (χ2n) is 6.03. The number of anilines is 1. The minimum atomic E-state index is -0.779. The van der Waals surface area contributed by atoms with Crippen molar-refractivity contribution in [1.82, 2.24) is 0 Å². The monoisotopic (exact) mass is 370 g/mol. The number of ether oxygens (including phenoxy) is 2. The van der Waals surface area contributed by atoms with E-state index in [1.807, 2.05) is 12.1 Å². The van der Waals surface area contributed by atoms with Crippen molar-refractivity contribution in [3.8, 4) is 5.75 Å². The number of non-ortho nitro benzene ring substituents is 1. The highest BCUT2D eigenvalue weighted by atomic mass is 16.6. The largest absolute Gasteiger partial charge is 0.497 e. The number of carbonyl (C=O) groups excluding carboxylic acids is 2. The predicted octanol–water partition coefficient (Wildman–Crippen LogP) is 2.74. The Labute approximate surface area is 155 Å². The molecule has 1 aliphatic rings. The molecule has 0 radical (unpaired) electrons. The first-order chi connectivity index (χ1) is 13.0. The molecule has 8 nitrogen and oxygen atoms in total. The second kappa shape index (κ2) is 7.86. The summed E-state index contributed by atoms with van der Waals surface area (Å²) < 4.78 is 10.3. The van der Waals surface area contributed by atoms with Crippen molar-refractivity contribution in [2.75, 3.05) is 25.2 Å². The topological polar surface area (TPSA) is 99.0 Å². The number of aryl methyl sites for hydroxylation is 1. The van der Waals surface area contributed by atoms with Crippen LogP contribution in [0, 0.1) is 10.1 Å². The van der Waals surface area contributed by atoms with Crippen LogP contribution in [0.2, 0.25) is 0 Å². The van der Waals surface area contributed by atoms with Crippen LogP contribution in [0.15, 0.2) is 42.5 Å². The van der Waals surface area contributed by atoms with Crippen molar-refractivity contribution in [3.63, 3.8) is 0 Å². The Kier molecular flexibility index (Phi) is 5.35. The first kappa shape index (κ1) is 18.4. The van der Waals surface area contributed by atoms with Crippen LogP contribution in [-0.4, -0.2) is 37.1 Å². The maximum absolute atomic E-state index is 12.5. The van der Waals surface area contributed by atoms with E-state index in [0.717, 1.165) is 35.9 Å². The van der Waals surface area contributed by atoms with Gasteiger partial charge in [-0.05, 0) is 42.7 Å². The molecule has 1 amide bonds. The van der Waals surface area contributed by atoms with Gasteiger partial charge in [0, 0.05) is 24.4 Å². The van der Waals surface area contributed by atoms with E-state index in [1.165, 1.54) is 18.2 Å². The van der Waals surface area contributed by atoms with Gasteiger partial charge in [-0.25, -0.2) is 4.79 Å². The zero-order valence-electron chi connectivity index (χ0n) is 14.7. The van der Waals surface area contributed by atoms with Crippen LogP contribution in [0.4, 0.5) is 11.4 Å². The molecule has 2 aromatic carbocycles. The Morgan fingerprint density at radius 3 is 2.78 bits per heavy atom. The summed E-state index contributed by atoms with van der Waals surface area (Å²) in [7, 11) is 1.58. The number of esters is 1. The highest BCUT2D eigenvalue weighted by Gasteiger charge is 2.24. The number of benzene rings is 2. The van der Waals surface area contributed by atoms with Gasteiger partial charge < -0.3 is 14.4 Å². The molecule has 3 rings (SSSR count). The molecule has 0 atom stereocenters. The van der Waals surface area contributed by atoms with Crippen LogP contribution in [0.3, 0.4) is 0 Å². The summed E-state index contributed by atoms with van der Waals surface area (Å²) in [5.74, 6) is -0.404. The molecule has 1 aliphatic heterocycles. The minimum Gasteiger partial charge on any atom is -0.497 e. The van der Waals surface area contributed by atoms with Crippen LogP contribution >= 0.6 is 0 Å². The molecule has 0 saturated carbocycles. The van der Waals surface area contributed by atoms with Crippen molar-refractivity contribution >= 4 is 23.3 Å². The summed E-state index contributed by atoms with van der Waals surface area (Å²) in [5.41, 5.74) is 1.59. The summed E-state index contributed by atoms with van der Waals surface area (Å²) in [6.45, 7) is 0.0967. The molecule has 0 bridgehead atoms. The Morgan fingerprint density at radius 2 is 2.04 bits per heavy atom. The Balaban J connectivity index is 1.67. The van der Waals surface area contributed by atoms with Gasteiger partial charge in [0.1, 0.15) is 5.75 Å². The molecule has 0 aromatic heterocycles. The first-order valence-electron chi connectivity index (χ1n) is 8.38. The lowest BCUT2D eigenvalue weighted by Gasteiger charge is -2.29. The first-order valence-corrected chi connectivity index (χ1v) is 8.38. The zero-order chi connectivity index (χ0) is 19.4. The predicted molar refractivity (Wildman–Crippen MR) is 97.0 cm³/mol. The molecule has 0 N–H and O–H groups in total. The standard InChI is InChI=1S/C19H18N2O6/c1-26-16-7-8-17-13(11-16)5-3-9-20(17)18(22)12-27-19(23)14-4-2-6-15(10-14)21(24)25/h2,4,6-8,10-11H,3,5,9,12H2,1H3. The van der Waals surface area contributed by atoms with E-state index in [2.05, 4.69) is 0 Å². The third kappa shape index (κ3) is 4.05. The number of hydrogen-bond donors (Lipinski definition) is 0. The van der Waals surface area contributed by atoms with E-state index in [1.54, 1.807) is 18.1 Å². The van der Waals surface area contributed by atoms with Gasteiger partial charge in [0.25, 0.3) is 11.6 Å². The fourth-order valence-corrected chi connectivity index (χ4v) is 2.99. The molecule has 8 heteroatoms. The fraction of sp³-hybridized carbons (Fsp3) is 0.263. The van der Waals surface area contributed by atoms with E-state index in [-0.39, 0.29) is 17.2 Å². The zero-order valence-corrected chi connectivity index (χ0v) is 14.7. The molecule has 27 heavy (non-hydrogen) atoms. The molecule has 140 valence electrons. The van der Waals surface area contributed by atoms with Gasteiger partial charge >= 0.3 is 5.97 Å². The summed E-state index contributed by atoms with van der Waals surface area (Å²) in [4.78, 5) is 36.4. The number of nitro groups is 1. The average Bonchev–Trinajstić information content (AvgIpc) is 2.70. The van der Waals surface area contributed by atoms with Gasteiger partial charge in [0.2, 0.25) is 0 Å². The van der Waals surface area contributed by atoms with Gasteiger partial charge in [0.15, 0.2) is 6.61 Å². The summed E-state index contributed by atoms with van der Waals surface area (Å²) in [5, 5.41) is 10.8. The van der Waals surface area contributed by atoms with Crippen molar-refractivity contribution in [2.24, 2.45) is 0 Å². The maximum Gasteiger partial charge on any atom is 0.338 e. The summed E-state index contributed by atoms with van der Waals surface area (Å²) in [6, 6.07) is 10.7. The molecule has 0 fully saturated rings. The van der Waals surface area contributed by atoms with Crippen LogP contribution in [-0.2, 0) is 16.0 Å². The molecule has 0 unspecified atom stereocenters. The van der Waals surface area contributed by atoms with Gasteiger partial charge in [-0.15, -0.1) is 0 Å². The van der Waals surface area contributed by atoms with Crippen LogP contribution in [0.1, 0.15) is 22.3 Å². The fourth-order valence-electron chi connectivity index (χ4n) is 2.99. The Bertz CT molecular complexity index is 896.